The maximum atomic E-state index is 12.1. The van der Waals surface area contributed by atoms with Crippen molar-refractivity contribution in [3.63, 3.8) is 0 Å². The van der Waals surface area contributed by atoms with E-state index in [1.165, 1.54) is 0 Å². The second kappa shape index (κ2) is 5.01. The average molecular weight is 259 g/mol. The molecule has 0 radical (unpaired) electrons. The van der Waals surface area contributed by atoms with Crippen molar-refractivity contribution < 1.29 is 9.21 Å². The van der Waals surface area contributed by atoms with E-state index in [4.69, 9.17) is 4.42 Å². The second-order valence-electron chi connectivity index (χ2n) is 4.91. The van der Waals surface area contributed by atoms with Gasteiger partial charge in [-0.05, 0) is 31.5 Å². The standard InChI is InChI=1S/C14H17N3O2/c1-9-16-11-6-5-10(8-13(11)19-9)17-14(18)12-4-2-3-7-15-12/h5-6,8,12,15H,2-4,7H2,1H3,(H,17,18). The van der Waals surface area contributed by atoms with Gasteiger partial charge < -0.3 is 15.1 Å². The Labute approximate surface area is 111 Å². The third-order valence-corrected chi connectivity index (χ3v) is 3.39. The number of carbonyl (C=O) groups is 1. The van der Waals surface area contributed by atoms with Crippen molar-refractivity contribution in [1.82, 2.24) is 10.3 Å². The van der Waals surface area contributed by atoms with E-state index in [2.05, 4.69) is 15.6 Å². The molecule has 1 aliphatic heterocycles. The number of hydrogen-bond acceptors (Lipinski definition) is 4. The first-order chi connectivity index (χ1) is 9.22. The molecule has 1 fully saturated rings. The highest BCUT2D eigenvalue weighted by atomic mass is 16.3. The number of nitrogens with zero attached hydrogens (tertiary/aromatic N) is 1. The van der Waals surface area contributed by atoms with Gasteiger partial charge in [0.15, 0.2) is 11.5 Å². The zero-order valence-electron chi connectivity index (χ0n) is 10.9. The van der Waals surface area contributed by atoms with Crippen LogP contribution in [0.4, 0.5) is 5.69 Å². The van der Waals surface area contributed by atoms with Crippen LogP contribution in [0.25, 0.3) is 11.1 Å². The Morgan fingerprint density at radius 1 is 1.47 bits per heavy atom. The van der Waals surface area contributed by atoms with Gasteiger partial charge in [-0.3, -0.25) is 4.79 Å². The Kier molecular flexibility index (Phi) is 3.21. The predicted octanol–water partition coefficient (Wildman–Crippen LogP) is 2.22. The van der Waals surface area contributed by atoms with Crippen LogP contribution < -0.4 is 10.6 Å². The molecule has 5 nitrogen and oxygen atoms in total. The first kappa shape index (κ1) is 12.2. The molecule has 5 heteroatoms. The van der Waals surface area contributed by atoms with Gasteiger partial charge in [0, 0.05) is 18.7 Å². The van der Waals surface area contributed by atoms with Crippen molar-refractivity contribution in [2.45, 2.75) is 32.2 Å². The van der Waals surface area contributed by atoms with E-state index in [-0.39, 0.29) is 11.9 Å². The monoisotopic (exact) mass is 259 g/mol. The number of hydrogen-bond donors (Lipinski definition) is 2. The summed E-state index contributed by atoms with van der Waals surface area (Å²) in [5.74, 6) is 0.655. The number of fused-ring (bicyclic) bond motifs is 1. The van der Waals surface area contributed by atoms with Crippen LogP contribution in [0, 0.1) is 6.92 Å². The fourth-order valence-electron chi connectivity index (χ4n) is 2.42. The first-order valence-corrected chi connectivity index (χ1v) is 6.64. The molecule has 3 rings (SSSR count). The molecular weight excluding hydrogens is 242 g/mol. The molecule has 1 amide bonds. The van der Waals surface area contributed by atoms with E-state index in [1.807, 2.05) is 25.1 Å². The largest absolute Gasteiger partial charge is 0.441 e. The van der Waals surface area contributed by atoms with Crippen molar-refractivity contribution in [2.75, 3.05) is 11.9 Å². The van der Waals surface area contributed by atoms with Crippen molar-refractivity contribution >= 4 is 22.7 Å². The minimum absolute atomic E-state index is 0.0234. The summed E-state index contributed by atoms with van der Waals surface area (Å²) in [7, 11) is 0. The lowest BCUT2D eigenvalue weighted by Gasteiger charge is -2.22. The van der Waals surface area contributed by atoms with Gasteiger partial charge in [-0.1, -0.05) is 6.42 Å². The maximum Gasteiger partial charge on any atom is 0.241 e. The van der Waals surface area contributed by atoms with Crippen LogP contribution in [0.3, 0.4) is 0 Å². The molecule has 0 bridgehead atoms. The quantitative estimate of drug-likeness (QED) is 0.867. The van der Waals surface area contributed by atoms with Crippen LogP contribution in [0.15, 0.2) is 22.6 Å². The van der Waals surface area contributed by atoms with Gasteiger partial charge in [-0.2, -0.15) is 0 Å². The summed E-state index contributed by atoms with van der Waals surface area (Å²) in [6.07, 6.45) is 3.15. The number of piperidine rings is 1. The Bertz CT molecular complexity index is 600. The lowest BCUT2D eigenvalue weighted by Crippen LogP contribution is -2.43. The van der Waals surface area contributed by atoms with E-state index >= 15 is 0 Å². The highest BCUT2D eigenvalue weighted by Crippen LogP contribution is 2.20. The zero-order valence-corrected chi connectivity index (χ0v) is 10.9. The first-order valence-electron chi connectivity index (χ1n) is 6.64. The molecule has 0 spiro atoms. The topological polar surface area (TPSA) is 67.2 Å². The number of oxazole rings is 1. The van der Waals surface area contributed by atoms with Crippen LogP contribution in [0.2, 0.25) is 0 Å². The SMILES string of the molecule is Cc1nc2ccc(NC(=O)C3CCCCN3)cc2o1. The molecule has 1 aromatic carbocycles. The minimum Gasteiger partial charge on any atom is -0.441 e. The molecule has 100 valence electrons. The molecule has 0 saturated carbocycles. The van der Waals surface area contributed by atoms with Crippen molar-refractivity contribution in [2.24, 2.45) is 0 Å². The zero-order chi connectivity index (χ0) is 13.2. The van der Waals surface area contributed by atoms with Gasteiger partial charge in [0.1, 0.15) is 5.52 Å². The van der Waals surface area contributed by atoms with Gasteiger partial charge in [-0.15, -0.1) is 0 Å². The fraction of sp³-hybridized carbons (Fsp3) is 0.429. The molecule has 2 N–H and O–H groups in total. The number of anilines is 1. The number of rotatable bonds is 2. The summed E-state index contributed by atoms with van der Waals surface area (Å²) in [5, 5.41) is 6.16. The highest BCUT2D eigenvalue weighted by Gasteiger charge is 2.20. The summed E-state index contributed by atoms with van der Waals surface area (Å²) < 4.78 is 5.46. The Morgan fingerprint density at radius 2 is 2.37 bits per heavy atom. The molecule has 1 atom stereocenters. The molecule has 1 saturated heterocycles. The Morgan fingerprint density at radius 3 is 3.16 bits per heavy atom. The number of aromatic nitrogens is 1. The summed E-state index contributed by atoms with van der Waals surface area (Å²) in [4.78, 5) is 16.3. The van der Waals surface area contributed by atoms with Crippen molar-refractivity contribution in [3.8, 4) is 0 Å². The Hall–Kier alpha value is -1.88. The maximum absolute atomic E-state index is 12.1. The number of carbonyl (C=O) groups excluding carboxylic acids is 1. The molecule has 1 unspecified atom stereocenters. The third-order valence-electron chi connectivity index (χ3n) is 3.39. The highest BCUT2D eigenvalue weighted by molar-refractivity contribution is 5.96. The van der Waals surface area contributed by atoms with E-state index in [0.717, 1.165) is 37.0 Å². The summed E-state index contributed by atoms with van der Waals surface area (Å²) in [6.45, 7) is 2.72. The summed E-state index contributed by atoms with van der Waals surface area (Å²) in [5.41, 5.74) is 2.26. The molecule has 2 heterocycles. The lowest BCUT2D eigenvalue weighted by molar-refractivity contribution is -0.118. The van der Waals surface area contributed by atoms with Gasteiger partial charge in [-0.25, -0.2) is 4.98 Å². The molecule has 0 aliphatic carbocycles. The van der Waals surface area contributed by atoms with E-state index < -0.39 is 0 Å². The average Bonchev–Trinajstić information content (AvgIpc) is 2.79. The van der Waals surface area contributed by atoms with Crippen LogP contribution in [-0.4, -0.2) is 23.5 Å². The third kappa shape index (κ3) is 2.61. The molecule has 1 aromatic heterocycles. The fourth-order valence-corrected chi connectivity index (χ4v) is 2.42. The Balaban J connectivity index is 1.74. The molecule has 19 heavy (non-hydrogen) atoms. The van der Waals surface area contributed by atoms with Gasteiger partial charge in [0.2, 0.25) is 5.91 Å². The van der Waals surface area contributed by atoms with Crippen molar-refractivity contribution in [1.29, 1.82) is 0 Å². The number of benzene rings is 1. The van der Waals surface area contributed by atoms with Crippen LogP contribution in [0.5, 0.6) is 0 Å². The summed E-state index contributed by atoms with van der Waals surface area (Å²) >= 11 is 0. The van der Waals surface area contributed by atoms with E-state index in [1.54, 1.807) is 0 Å². The minimum atomic E-state index is -0.0825. The second-order valence-corrected chi connectivity index (χ2v) is 4.91. The van der Waals surface area contributed by atoms with Gasteiger partial charge in [0.05, 0.1) is 6.04 Å². The van der Waals surface area contributed by atoms with Crippen molar-refractivity contribution in [3.05, 3.63) is 24.1 Å². The lowest BCUT2D eigenvalue weighted by atomic mass is 10.0. The van der Waals surface area contributed by atoms with Gasteiger partial charge >= 0.3 is 0 Å². The number of amides is 1. The van der Waals surface area contributed by atoms with Crippen LogP contribution >= 0.6 is 0 Å². The molecule has 1 aliphatic rings. The van der Waals surface area contributed by atoms with Crippen LogP contribution in [-0.2, 0) is 4.79 Å². The summed E-state index contributed by atoms with van der Waals surface area (Å²) in [6, 6.07) is 5.44. The molecular formula is C14H17N3O2. The number of nitrogens with one attached hydrogen (secondary N) is 2. The van der Waals surface area contributed by atoms with Crippen LogP contribution in [0.1, 0.15) is 25.2 Å². The van der Waals surface area contributed by atoms with E-state index in [0.29, 0.717) is 11.5 Å². The molecule has 2 aromatic rings. The smallest absolute Gasteiger partial charge is 0.241 e. The van der Waals surface area contributed by atoms with Gasteiger partial charge in [0.25, 0.3) is 0 Å². The van der Waals surface area contributed by atoms with E-state index in [9.17, 15) is 4.79 Å². The number of aryl methyl sites for hydroxylation is 1. The predicted molar refractivity (Wildman–Crippen MR) is 73.0 cm³/mol. The normalized spacial score (nSPS) is 19.5.